The fraction of sp³-hybridized carbons (Fsp3) is 0.250. The third-order valence-corrected chi connectivity index (χ3v) is 6.03. The molecular weight excluding hydrogens is 442 g/mol. The maximum atomic E-state index is 13.1. The molecule has 180 valence electrons. The van der Waals surface area contributed by atoms with Crippen LogP contribution in [0.5, 0.6) is 5.75 Å². The Labute approximate surface area is 205 Å². The number of hydrogen-bond acceptors (Lipinski definition) is 6. The largest absolute Gasteiger partial charge is 0.507 e. The highest BCUT2D eigenvalue weighted by Gasteiger charge is 2.46. The third kappa shape index (κ3) is 5.25. The lowest BCUT2D eigenvalue weighted by atomic mass is 9.94. The second-order valence-electron chi connectivity index (χ2n) is 8.83. The molecule has 35 heavy (non-hydrogen) atoms. The molecule has 1 amide bonds. The molecule has 1 N–H and O–H groups in total. The van der Waals surface area contributed by atoms with Crippen molar-refractivity contribution in [3.63, 3.8) is 0 Å². The van der Waals surface area contributed by atoms with Crippen molar-refractivity contribution >= 4 is 17.4 Å². The highest BCUT2D eigenvalue weighted by Crippen LogP contribution is 2.39. The van der Waals surface area contributed by atoms with Crippen molar-refractivity contribution in [2.75, 3.05) is 27.2 Å². The van der Waals surface area contributed by atoms with Crippen LogP contribution in [0.2, 0.25) is 0 Å². The van der Waals surface area contributed by atoms with Crippen LogP contribution in [0.4, 0.5) is 0 Å². The van der Waals surface area contributed by atoms with E-state index >= 15 is 0 Å². The minimum Gasteiger partial charge on any atom is -0.507 e. The quantitative estimate of drug-likeness (QED) is 0.304. The number of likely N-dealkylation sites (tertiary alicyclic amines) is 1. The fourth-order valence-electron chi connectivity index (χ4n) is 4.18. The summed E-state index contributed by atoms with van der Waals surface area (Å²) in [6.07, 6.45) is 3.26. The van der Waals surface area contributed by atoms with Gasteiger partial charge in [-0.15, -0.1) is 0 Å². The van der Waals surface area contributed by atoms with E-state index in [0.717, 1.165) is 11.1 Å². The Hall–Kier alpha value is -3.97. The number of aromatic nitrogens is 1. The molecule has 4 rings (SSSR count). The number of Topliss-reactive ketones (excluding diaryl/α,β-unsaturated/α-hetero) is 1. The first kappa shape index (κ1) is 24.2. The van der Waals surface area contributed by atoms with E-state index in [1.54, 1.807) is 30.6 Å². The Bertz CT molecular complexity index is 1240. The fourth-order valence-corrected chi connectivity index (χ4v) is 4.18. The number of aliphatic hydroxyl groups excluding tert-OH is 1. The summed E-state index contributed by atoms with van der Waals surface area (Å²) in [5, 5.41) is 11.3. The van der Waals surface area contributed by atoms with Crippen molar-refractivity contribution in [3.05, 3.63) is 101 Å². The van der Waals surface area contributed by atoms with Crippen molar-refractivity contribution in [1.29, 1.82) is 0 Å². The third-order valence-electron chi connectivity index (χ3n) is 6.03. The number of amides is 1. The van der Waals surface area contributed by atoms with E-state index in [1.165, 1.54) is 4.90 Å². The van der Waals surface area contributed by atoms with E-state index in [-0.39, 0.29) is 11.3 Å². The molecule has 2 heterocycles. The van der Waals surface area contributed by atoms with Crippen LogP contribution < -0.4 is 4.74 Å². The molecule has 0 radical (unpaired) electrons. The van der Waals surface area contributed by atoms with E-state index in [2.05, 4.69) is 4.98 Å². The minimum atomic E-state index is -0.711. The van der Waals surface area contributed by atoms with Gasteiger partial charge >= 0.3 is 0 Å². The second kappa shape index (κ2) is 10.5. The van der Waals surface area contributed by atoms with Gasteiger partial charge in [-0.2, -0.15) is 0 Å². The van der Waals surface area contributed by atoms with Gasteiger partial charge in [0.25, 0.3) is 11.7 Å². The van der Waals surface area contributed by atoms with Gasteiger partial charge in [-0.1, -0.05) is 36.4 Å². The number of carbonyl (C=O) groups excluding carboxylic acids is 2. The molecule has 0 aliphatic carbocycles. The Kier molecular flexibility index (Phi) is 7.27. The Morgan fingerprint density at radius 3 is 2.51 bits per heavy atom. The zero-order valence-electron chi connectivity index (χ0n) is 20.1. The van der Waals surface area contributed by atoms with Gasteiger partial charge in [0.2, 0.25) is 0 Å². The number of aryl methyl sites for hydroxylation is 1. The smallest absolute Gasteiger partial charge is 0.295 e. The number of nitrogens with zero attached hydrogens (tertiary/aromatic N) is 3. The number of aliphatic hydroxyl groups is 1. The zero-order valence-corrected chi connectivity index (χ0v) is 20.1. The summed E-state index contributed by atoms with van der Waals surface area (Å²) in [5.41, 5.74) is 3.01. The van der Waals surface area contributed by atoms with Crippen LogP contribution in [0.3, 0.4) is 0 Å². The summed E-state index contributed by atoms with van der Waals surface area (Å²) in [7, 11) is 3.81. The van der Waals surface area contributed by atoms with Crippen molar-refractivity contribution < 1.29 is 19.4 Å². The lowest BCUT2D eigenvalue weighted by Crippen LogP contribution is -2.35. The van der Waals surface area contributed by atoms with Crippen LogP contribution in [-0.4, -0.2) is 58.8 Å². The van der Waals surface area contributed by atoms with E-state index in [9.17, 15) is 14.7 Å². The number of rotatable bonds is 8. The molecule has 0 saturated carbocycles. The number of benzene rings is 2. The molecule has 0 spiro atoms. The molecule has 1 saturated heterocycles. The first-order valence-electron chi connectivity index (χ1n) is 11.5. The highest BCUT2D eigenvalue weighted by atomic mass is 16.5. The van der Waals surface area contributed by atoms with Gasteiger partial charge in [0.05, 0.1) is 11.6 Å². The SMILES string of the molecule is Cc1cc(OCc2ccccc2)ccc1/C(O)=C1\C(=O)C(=O)N(CCN(C)C)[C@H]1c1cccnc1. The zero-order chi connectivity index (χ0) is 24.9. The van der Waals surface area contributed by atoms with Crippen LogP contribution in [-0.2, 0) is 16.2 Å². The number of ether oxygens (including phenoxy) is 1. The highest BCUT2D eigenvalue weighted by molar-refractivity contribution is 6.46. The molecule has 1 aliphatic heterocycles. The standard InChI is InChI=1S/C28H29N3O4/c1-19-16-22(35-18-20-8-5-4-6-9-20)11-12-23(19)26(32)24-25(21-10-7-13-29-17-21)31(15-14-30(2)3)28(34)27(24)33/h4-13,16-17,25,32H,14-15,18H2,1-3H3/b26-24+/t25-/m0/s1. The molecule has 1 aliphatic rings. The summed E-state index contributed by atoms with van der Waals surface area (Å²) in [6.45, 7) is 3.19. The second-order valence-corrected chi connectivity index (χ2v) is 8.83. The number of ketones is 1. The number of pyridine rings is 1. The normalized spacial score (nSPS) is 17.3. The molecular formula is C28H29N3O4. The molecule has 7 heteroatoms. The molecule has 1 fully saturated rings. The average Bonchev–Trinajstić information content (AvgIpc) is 3.12. The predicted octanol–water partition coefficient (Wildman–Crippen LogP) is 3.95. The van der Waals surface area contributed by atoms with Crippen LogP contribution in [0.25, 0.3) is 5.76 Å². The van der Waals surface area contributed by atoms with Gasteiger partial charge in [0.15, 0.2) is 0 Å². The van der Waals surface area contributed by atoms with Crippen LogP contribution in [0.1, 0.15) is 28.3 Å². The molecule has 0 unspecified atom stereocenters. The molecule has 0 bridgehead atoms. The van der Waals surface area contributed by atoms with Crippen molar-refractivity contribution in [3.8, 4) is 5.75 Å². The van der Waals surface area contributed by atoms with E-state index in [4.69, 9.17) is 4.74 Å². The predicted molar refractivity (Wildman–Crippen MR) is 134 cm³/mol. The number of carbonyl (C=O) groups is 2. The minimum absolute atomic E-state index is 0.0720. The maximum absolute atomic E-state index is 13.1. The summed E-state index contributed by atoms with van der Waals surface area (Å²) in [4.78, 5) is 33.7. The Balaban J connectivity index is 1.68. The van der Waals surface area contributed by atoms with Crippen LogP contribution in [0, 0.1) is 6.92 Å². The molecule has 1 atom stereocenters. The van der Waals surface area contributed by atoms with Gasteiger partial charge in [0, 0.05) is 31.0 Å². The number of hydrogen-bond donors (Lipinski definition) is 1. The van der Waals surface area contributed by atoms with Crippen LogP contribution in [0.15, 0.2) is 78.6 Å². The van der Waals surface area contributed by atoms with E-state index in [0.29, 0.717) is 36.6 Å². The topological polar surface area (TPSA) is 83.0 Å². The molecule has 7 nitrogen and oxygen atoms in total. The Morgan fingerprint density at radius 1 is 1.09 bits per heavy atom. The van der Waals surface area contributed by atoms with Crippen molar-refractivity contribution in [1.82, 2.24) is 14.8 Å². The number of likely N-dealkylation sites (N-methyl/N-ethyl adjacent to an activating group) is 1. The van der Waals surface area contributed by atoms with Crippen LogP contribution >= 0.6 is 0 Å². The average molecular weight is 472 g/mol. The summed E-state index contributed by atoms with van der Waals surface area (Å²) < 4.78 is 5.89. The first-order valence-corrected chi connectivity index (χ1v) is 11.5. The first-order chi connectivity index (χ1) is 16.9. The monoisotopic (exact) mass is 471 g/mol. The summed E-state index contributed by atoms with van der Waals surface area (Å²) >= 11 is 0. The van der Waals surface area contributed by atoms with E-state index < -0.39 is 17.7 Å². The molecule has 2 aromatic carbocycles. The van der Waals surface area contributed by atoms with Gasteiger partial charge in [-0.05, 0) is 62.0 Å². The lowest BCUT2D eigenvalue weighted by molar-refractivity contribution is -0.140. The van der Waals surface area contributed by atoms with Gasteiger partial charge in [-0.3, -0.25) is 14.6 Å². The summed E-state index contributed by atoms with van der Waals surface area (Å²) in [6, 6.07) is 18.0. The molecule has 1 aromatic heterocycles. The van der Waals surface area contributed by atoms with E-state index in [1.807, 2.05) is 68.4 Å². The molecule has 3 aromatic rings. The van der Waals surface area contributed by atoms with Gasteiger partial charge in [-0.25, -0.2) is 0 Å². The lowest BCUT2D eigenvalue weighted by Gasteiger charge is -2.26. The summed E-state index contributed by atoms with van der Waals surface area (Å²) in [5.74, 6) is -0.864. The Morgan fingerprint density at radius 2 is 1.86 bits per heavy atom. The van der Waals surface area contributed by atoms with Crippen molar-refractivity contribution in [2.45, 2.75) is 19.6 Å². The van der Waals surface area contributed by atoms with Gasteiger partial charge < -0.3 is 19.6 Å². The maximum Gasteiger partial charge on any atom is 0.295 e. The van der Waals surface area contributed by atoms with Crippen molar-refractivity contribution in [2.24, 2.45) is 0 Å². The van der Waals surface area contributed by atoms with Gasteiger partial charge in [0.1, 0.15) is 18.1 Å².